The Balaban J connectivity index is 2.73. The molecule has 0 aliphatic rings. The van der Waals surface area contributed by atoms with E-state index in [-0.39, 0.29) is 5.92 Å². The van der Waals surface area contributed by atoms with Gasteiger partial charge in [-0.2, -0.15) is 0 Å². The van der Waals surface area contributed by atoms with E-state index < -0.39 is 18.0 Å². The lowest BCUT2D eigenvalue weighted by Gasteiger charge is -2.23. The number of rotatable bonds is 4. The third-order valence-corrected chi connectivity index (χ3v) is 2.55. The molecule has 0 aliphatic heterocycles. The van der Waals surface area contributed by atoms with Gasteiger partial charge in [-0.05, 0) is 18.1 Å². The molecule has 0 spiro atoms. The maximum atomic E-state index is 11.9. The van der Waals surface area contributed by atoms with Gasteiger partial charge in [0.1, 0.15) is 6.04 Å². The Morgan fingerprint density at radius 2 is 2.11 bits per heavy atom. The van der Waals surface area contributed by atoms with Crippen LogP contribution in [0.3, 0.4) is 0 Å². The molecule has 1 atom stereocenters. The summed E-state index contributed by atoms with van der Waals surface area (Å²) in [6.45, 7) is 3.48. The monoisotopic (exact) mass is 251 g/mol. The fourth-order valence-corrected chi connectivity index (χ4v) is 1.41. The van der Waals surface area contributed by atoms with E-state index >= 15 is 0 Å². The average Bonchev–Trinajstić information content (AvgIpc) is 2.35. The second-order valence-corrected chi connectivity index (χ2v) is 4.28. The molecule has 18 heavy (non-hydrogen) atoms. The summed E-state index contributed by atoms with van der Waals surface area (Å²) in [5.74, 6) is -1.23. The molecule has 1 aromatic heterocycles. The SMILES string of the molecule is CC(C)C(NC(=O)N(C)c1cccnc1)C(=O)O. The summed E-state index contributed by atoms with van der Waals surface area (Å²) in [6, 6.07) is 2.05. The molecule has 0 radical (unpaired) electrons. The minimum Gasteiger partial charge on any atom is -0.480 e. The first kappa shape index (κ1) is 14.0. The number of carbonyl (C=O) groups excluding carboxylic acids is 1. The summed E-state index contributed by atoms with van der Waals surface area (Å²) < 4.78 is 0. The summed E-state index contributed by atoms with van der Waals surface area (Å²) in [7, 11) is 1.56. The zero-order valence-corrected chi connectivity index (χ0v) is 10.6. The molecule has 1 rings (SSSR count). The topological polar surface area (TPSA) is 82.5 Å². The Morgan fingerprint density at radius 1 is 1.44 bits per heavy atom. The lowest BCUT2D eigenvalue weighted by atomic mass is 10.1. The van der Waals surface area contributed by atoms with Crippen molar-refractivity contribution in [3.05, 3.63) is 24.5 Å². The third-order valence-electron chi connectivity index (χ3n) is 2.55. The molecule has 1 heterocycles. The van der Waals surface area contributed by atoms with E-state index in [9.17, 15) is 9.59 Å². The van der Waals surface area contributed by atoms with Gasteiger partial charge in [0.25, 0.3) is 0 Å². The number of hydrogen-bond acceptors (Lipinski definition) is 3. The van der Waals surface area contributed by atoms with E-state index in [1.807, 2.05) is 0 Å². The van der Waals surface area contributed by atoms with Gasteiger partial charge in [0, 0.05) is 13.2 Å². The highest BCUT2D eigenvalue weighted by molar-refractivity contribution is 5.93. The Labute approximate surface area is 106 Å². The number of aromatic nitrogens is 1. The van der Waals surface area contributed by atoms with Crippen molar-refractivity contribution in [2.45, 2.75) is 19.9 Å². The number of nitrogens with one attached hydrogen (secondary N) is 1. The van der Waals surface area contributed by atoms with E-state index in [4.69, 9.17) is 5.11 Å². The summed E-state index contributed by atoms with van der Waals surface area (Å²) in [5, 5.41) is 11.5. The number of anilines is 1. The van der Waals surface area contributed by atoms with Crippen LogP contribution in [0.1, 0.15) is 13.8 Å². The second-order valence-electron chi connectivity index (χ2n) is 4.28. The highest BCUT2D eigenvalue weighted by Gasteiger charge is 2.25. The van der Waals surface area contributed by atoms with E-state index in [0.29, 0.717) is 5.69 Å². The molecule has 98 valence electrons. The minimum atomic E-state index is -1.04. The number of nitrogens with zero attached hydrogens (tertiary/aromatic N) is 2. The quantitative estimate of drug-likeness (QED) is 0.845. The summed E-state index contributed by atoms with van der Waals surface area (Å²) in [4.78, 5) is 28.1. The molecule has 0 aliphatic carbocycles. The van der Waals surface area contributed by atoms with Crippen molar-refractivity contribution in [1.82, 2.24) is 10.3 Å². The molecule has 0 saturated carbocycles. The first-order chi connectivity index (χ1) is 8.43. The van der Waals surface area contributed by atoms with Gasteiger partial charge in [-0.15, -0.1) is 0 Å². The van der Waals surface area contributed by atoms with Crippen LogP contribution in [0.15, 0.2) is 24.5 Å². The fraction of sp³-hybridized carbons (Fsp3) is 0.417. The van der Waals surface area contributed by atoms with Crippen LogP contribution in [0.5, 0.6) is 0 Å². The average molecular weight is 251 g/mol. The van der Waals surface area contributed by atoms with Crippen LogP contribution >= 0.6 is 0 Å². The van der Waals surface area contributed by atoms with Crippen LogP contribution in [-0.4, -0.2) is 35.2 Å². The van der Waals surface area contributed by atoms with Crippen LogP contribution < -0.4 is 10.2 Å². The van der Waals surface area contributed by atoms with E-state index in [1.165, 1.54) is 11.1 Å². The van der Waals surface area contributed by atoms with Crippen molar-refractivity contribution in [3.63, 3.8) is 0 Å². The molecule has 2 amide bonds. The lowest BCUT2D eigenvalue weighted by Crippen LogP contribution is -2.49. The van der Waals surface area contributed by atoms with Crippen molar-refractivity contribution in [2.75, 3.05) is 11.9 Å². The van der Waals surface area contributed by atoms with Crippen molar-refractivity contribution < 1.29 is 14.7 Å². The number of carbonyl (C=O) groups is 2. The van der Waals surface area contributed by atoms with Crippen LogP contribution in [0, 0.1) is 5.92 Å². The normalized spacial score (nSPS) is 12.0. The van der Waals surface area contributed by atoms with Gasteiger partial charge in [-0.3, -0.25) is 9.88 Å². The first-order valence-corrected chi connectivity index (χ1v) is 5.60. The Kier molecular flexibility index (Phi) is 4.65. The highest BCUT2D eigenvalue weighted by atomic mass is 16.4. The molecule has 2 N–H and O–H groups in total. The van der Waals surface area contributed by atoms with Crippen molar-refractivity contribution in [2.24, 2.45) is 5.92 Å². The maximum Gasteiger partial charge on any atom is 0.326 e. The van der Waals surface area contributed by atoms with E-state index in [0.717, 1.165) is 0 Å². The maximum absolute atomic E-state index is 11.9. The number of aliphatic carboxylic acids is 1. The van der Waals surface area contributed by atoms with Gasteiger partial charge in [0.15, 0.2) is 0 Å². The molecule has 0 bridgehead atoms. The molecule has 1 unspecified atom stereocenters. The van der Waals surface area contributed by atoms with Gasteiger partial charge in [0.2, 0.25) is 0 Å². The minimum absolute atomic E-state index is 0.186. The van der Waals surface area contributed by atoms with Gasteiger partial charge >= 0.3 is 12.0 Å². The standard InChI is InChI=1S/C12H17N3O3/c1-8(2)10(11(16)17)14-12(18)15(3)9-5-4-6-13-7-9/h4-8,10H,1-3H3,(H,14,18)(H,16,17). The van der Waals surface area contributed by atoms with Crippen molar-refractivity contribution >= 4 is 17.7 Å². The Hall–Kier alpha value is -2.11. The number of carboxylic acids is 1. The number of pyridine rings is 1. The van der Waals surface area contributed by atoms with Crippen LogP contribution in [0.4, 0.5) is 10.5 Å². The molecule has 1 aromatic rings. The molecule has 6 nitrogen and oxygen atoms in total. The van der Waals surface area contributed by atoms with Crippen molar-refractivity contribution in [3.8, 4) is 0 Å². The predicted molar refractivity (Wildman–Crippen MR) is 67.4 cm³/mol. The number of carboxylic acid groups (broad SMARTS) is 1. The Bertz CT molecular complexity index is 420. The van der Waals surface area contributed by atoms with Crippen molar-refractivity contribution in [1.29, 1.82) is 0 Å². The Morgan fingerprint density at radius 3 is 2.56 bits per heavy atom. The third kappa shape index (κ3) is 3.44. The molecular weight excluding hydrogens is 234 g/mol. The second kappa shape index (κ2) is 6.00. The van der Waals surface area contributed by atoms with Gasteiger partial charge < -0.3 is 10.4 Å². The van der Waals surface area contributed by atoms with Crippen LogP contribution in [0.2, 0.25) is 0 Å². The number of urea groups is 1. The summed E-state index contributed by atoms with van der Waals surface area (Å²) >= 11 is 0. The predicted octanol–water partition coefficient (Wildman–Crippen LogP) is 1.34. The van der Waals surface area contributed by atoms with Gasteiger partial charge in [0.05, 0.1) is 11.9 Å². The number of amides is 2. The molecule has 0 saturated heterocycles. The molecule has 0 aromatic carbocycles. The smallest absolute Gasteiger partial charge is 0.326 e. The van der Waals surface area contributed by atoms with Gasteiger partial charge in [-0.1, -0.05) is 13.8 Å². The molecule has 6 heteroatoms. The number of hydrogen-bond donors (Lipinski definition) is 2. The first-order valence-electron chi connectivity index (χ1n) is 5.60. The lowest BCUT2D eigenvalue weighted by molar-refractivity contribution is -0.140. The zero-order chi connectivity index (χ0) is 13.7. The molecule has 0 fully saturated rings. The van der Waals surface area contributed by atoms with E-state index in [1.54, 1.807) is 39.2 Å². The summed E-state index contributed by atoms with van der Waals surface area (Å²) in [5.41, 5.74) is 0.600. The zero-order valence-electron chi connectivity index (χ0n) is 10.6. The van der Waals surface area contributed by atoms with Crippen LogP contribution in [0.25, 0.3) is 0 Å². The largest absolute Gasteiger partial charge is 0.480 e. The summed E-state index contributed by atoms with van der Waals surface area (Å²) in [6.07, 6.45) is 3.13. The fourth-order valence-electron chi connectivity index (χ4n) is 1.41. The molecular formula is C12H17N3O3. The van der Waals surface area contributed by atoms with Gasteiger partial charge in [-0.25, -0.2) is 9.59 Å². The van der Waals surface area contributed by atoms with E-state index in [2.05, 4.69) is 10.3 Å². The highest BCUT2D eigenvalue weighted by Crippen LogP contribution is 2.10. The van der Waals surface area contributed by atoms with Crippen LogP contribution in [-0.2, 0) is 4.79 Å².